The van der Waals surface area contributed by atoms with Gasteiger partial charge in [0.05, 0.1) is 0 Å². The van der Waals surface area contributed by atoms with Crippen LogP contribution in [0, 0.1) is 11.6 Å². The van der Waals surface area contributed by atoms with Crippen LogP contribution in [-0.2, 0) is 0 Å². The number of rotatable bonds is 2. The van der Waals surface area contributed by atoms with Gasteiger partial charge in [-0.3, -0.25) is 0 Å². The van der Waals surface area contributed by atoms with Gasteiger partial charge in [0.25, 0.3) is 0 Å². The molecule has 0 aliphatic heterocycles. The van der Waals surface area contributed by atoms with Crippen LogP contribution in [0.25, 0.3) is 11.1 Å². The second kappa shape index (κ2) is 4.87. The van der Waals surface area contributed by atoms with Gasteiger partial charge in [-0.2, -0.15) is 0 Å². The van der Waals surface area contributed by atoms with Gasteiger partial charge in [0.2, 0.25) is 0 Å². The molecule has 0 fully saturated rings. The highest BCUT2D eigenvalue weighted by molar-refractivity contribution is 5.65. The van der Waals surface area contributed by atoms with E-state index in [1.165, 1.54) is 12.1 Å². The lowest BCUT2D eigenvalue weighted by atomic mass is 10.0. The van der Waals surface area contributed by atoms with Crippen molar-refractivity contribution in [3.05, 3.63) is 54.1 Å². The molecule has 0 amide bonds. The van der Waals surface area contributed by atoms with E-state index in [2.05, 4.69) is 4.74 Å². The average molecular weight is 274 g/mol. The molecule has 1 nitrogen and oxygen atoms in total. The number of benzene rings is 2. The van der Waals surface area contributed by atoms with Gasteiger partial charge in [-0.15, -0.1) is 13.2 Å². The SMILES string of the molecule is Fc1cc(OC(F)(F)F)cc(-c2ccccc2)c1F. The normalized spacial score (nSPS) is 11.4. The molecule has 0 spiro atoms. The Labute approximate surface area is 105 Å². The second-order valence-electron chi connectivity index (χ2n) is 3.68. The van der Waals surface area contributed by atoms with Gasteiger partial charge in [-0.1, -0.05) is 30.3 Å². The molecule has 0 radical (unpaired) electrons. The Hall–Kier alpha value is -2.11. The topological polar surface area (TPSA) is 9.23 Å². The van der Waals surface area contributed by atoms with Crippen molar-refractivity contribution >= 4 is 0 Å². The zero-order valence-corrected chi connectivity index (χ0v) is 9.34. The van der Waals surface area contributed by atoms with E-state index in [0.29, 0.717) is 6.07 Å². The van der Waals surface area contributed by atoms with E-state index in [1.807, 2.05) is 0 Å². The van der Waals surface area contributed by atoms with Gasteiger partial charge < -0.3 is 4.74 Å². The van der Waals surface area contributed by atoms with Crippen LogP contribution >= 0.6 is 0 Å². The lowest BCUT2D eigenvalue weighted by molar-refractivity contribution is -0.274. The van der Waals surface area contributed by atoms with Crippen LogP contribution in [0.4, 0.5) is 22.0 Å². The standard InChI is InChI=1S/C13H7F5O/c14-11-7-9(19-13(16,17)18)6-10(12(11)15)8-4-2-1-3-5-8/h1-7H. The maximum absolute atomic E-state index is 13.6. The molecule has 0 bridgehead atoms. The molecule has 0 saturated carbocycles. The van der Waals surface area contributed by atoms with Crippen molar-refractivity contribution < 1.29 is 26.7 Å². The van der Waals surface area contributed by atoms with Crippen molar-refractivity contribution in [2.45, 2.75) is 6.36 Å². The van der Waals surface area contributed by atoms with Gasteiger partial charge in [-0.05, 0) is 11.6 Å². The van der Waals surface area contributed by atoms with Crippen molar-refractivity contribution in [2.75, 3.05) is 0 Å². The predicted molar refractivity (Wildman–Crippen MR) is 58.5 cm³/mol. The van der Waals surface area contributed by atoms with Crippen LogP contribution < -0.4 is 4.74 Å². The van der Waals surface area contributed by atoms with Gasteiger partial charge in [0, 0.05) is 11.6 Å². The molecule has 0 aromatic heterocycles. The fourth-order valence-corrected chi connectivity index (χ4v) is 1.58. The molecular weight excluding hydrogens is 267 g/mol. The Morgan fingerprint density at radius 3 is 2.11 bits per heavy atom. The highest BCUT2D eigenvalue weighted by Crippen LogP contribution is 2.31. The predicted octanol–water partition coefficient (Wildman–Crippen LogP) is 4.53. The van der Waals surface area contributed by atoms with Crippen LogP contribution in [0.1, 0.15) is 0 Å². The summed E-state index contributed by atoms with van der Waals surface area (Å²) in [7, 11) is 0. The quantitative estimate of drug-likeness (QED) is 0.731. The Bertz CT molecular complexity index is 578. The first kappa shape index (κ1) is 13.3. The fourth-order valence-electron chi connectivity index (χ4n) is 1.58. The van der Waals surface area contributed by atoms with E-state index in [4.69, 9.17) is 0 Å². The Balaban J connectivity index is 2.49. The van der Waals surface area contributed by atoms with Crippen LogP contribution in [-0.4, -0.2) is 6.36 Å². The van der Waals surface area contributed by atoms with Crippen molar-refractivity contribution in [1.29, 1.82) is 0 Å². The van der Waals surface area contributed by atoms with E-state index in [0.717, 1.165) is 6.07 Å². The number of halogens is 5. The Kier molecular flexibility index (Phi) is 3.42. The van der Waals surface area contributed by atoms with Crippen molar-refractivity contribution in [2.24, 2.45) is 0 Å². The monoisotopic (exact) mass is 274 g/mol. The molecule has 0 aliphatic rings. The first-order chi connectivity index (χ1) is 8.87. The molecule has 100 valence electrons. The maximum atomic E-state index is 13.6. The molecule has 0 heterocycles. The summed E-state index contributed by atoms with van der Waals surface area (Å²) in [6, 6.07) is 8.84. The van der Waals surface area contributed by atoms with Gasteiger partial charge >= 0.3 is 6.36 Å². The summed E-state index contributed by atoms with van der Waals surface area (Å²) in [5.41, 5.74) is -0.0358. The molecule has 0 aliphatic carbocycles. The summed E-state index contributed by atoms with van der Waals surface area (Å²) in [6.45, 7) is 0. The molecule has 0 saturated heterocycles. The summed E-state index contributed by atoms with van der Waals surface area (Å²) < 4.78 is 66.7. The fraction of sp³-hybridized carbons (Fsp3) is 0.0769. The van der Waals surface area contributed by atoms with E-state index in [1.54, 1.807) is 18.2 Å². The smallest absolute Gasteiger partial charge is 0.406 e. The summed E-state index contributed by atoms with van der Waals surface area (Å²) in [5, 5.41) is 0. The molecule has 2 rings (SSSR count). The first-order valence-corrected chi connectivity index (χ1v) is 5.17. The number of alkyl halides is 3. The molecule has 19 heavy (non-hydrogen) atoms. The van der Waals surface area contributed by atoms with Crippen LogP contribution in [0.2, 0.25) is 0 Å². The minimum absolute atomic E-state index is 0.256. The van der Waals surface area contributed by atoms with Gasteiger partial charge in [-0.25, -0.2) is 8.78 Å². The zero-order valence-electron chi connectivity index (χ0n) is 9.34. The van der Waals surface area contributed by atoms with Gasteiger partial charge in [0.15, 0.2) is 11.6 Å². The largest absolute Gasteiger partial charge is 0.573 e. The Morgan fingerprint density at radius 1 is 0.895 bits per heavy atom. The third-order valence-electron chi connectivity index (χ3n) is 2.32. The summed E-state index contributed by atoms with van der Waals surface area (Å²) in [5.74, 6) is -3.42. The summed E-state index contributed by atoms with van der Waals surface area (Å²) in [6.07, 6.45) is -4.96. The molecule has 0 N–H and O–H groups in total. The van der Waals surface area contributed by atoms with Crippen LogP contribution in [0.15, 0.2) is 42.5 Å². The molecule has 2 aromatic carbocycles. The lowest BCUT2D eigenvalue weighted by Crippen LogP contribution is -2.17. The Morgan fingerprint density at radius 2 is 1.53 bits per heavy atom. The van der Waals surface area contributed by atoms with Crippen LogP contribution in [0.5, 0.6) is 5.75 Å². The van der Waals surface area contributed by atoms with Crippen LogP contribution in [0.3, 0.4) is 0 Å². The van der Waals surface area contributed by atoms with E-state index in [9.17, 15) is 22.0 Å². The first-order valence-electron chi connectivity index (χ1n) is 5.17. The molecule has 6 heteroatoms. The third-order valence-corrected chi connectivity index (χ3v) is 2.32. The number of ether oxygens (including phenoxy) is 1. The zero-order chi connectivity index (χ0) is 14.0. The highest BCUT2D eigenvalue weighted by atomic mass is 19.4. The summed E-state index contributed by atoms with van der Waals surface area (Å²) >= 11 is 0. The van der Waals surface area contributed by atoms with Crippen molar-refractivity contribution in [3.8, 4) is 16.9 Å². The minimum atomic E-state index is -4.96. The molecular formula is C13H7F5O. The van der Waals surface area contributed by atoms with Crippen molar-refractivity contribution in [3.63, 3.8) is 0 Å². The molecule has 0 atom stereocenters. The number of hydrogen-bond acceptors (Lipinski definition) is 1. The molecule has 2 aromatic rings. The van der Waals surface area contributed by atoms with Gasteiger partial charge in [0.1, 0.15) is 5.75 Å². The molecule has 0 unspecified atom stereocenters. The number of hydrogen-bond donors (Lipinski definition) is 0. The maximum Gasteiger partial charge on any atom is 0.573 e. The van der Waals surface area contributed by atoms with E-state index < -0.39 is 23.7 Å². The third kappa shape index (κ3) is 3.21. The highest BCUT2D eigenvalue weighted by Gasteiger charge is 2.32. The van der Waals surface area contributed by atoms with E-state index >= 15 is 0 Å². The van der Waals surface area contributed by atoms with Crippen molar-refractivity contribution in [1.82, 2.24) is 0 Å². The lowest BCUT2D eigenvalue weighted by Gasteiger charge is -2.11. The minimum Gasteiger partial charge on any atom is -0.406 e. The second-order valence-corrected chi connectivity index (χ2v) is 3.68. The van der Waals surface area contributed by atoms with E-state index in [-0.39, 0.29) is 11.1 Å². The average Bonchev–Trinajstić information content (AvgIpc) is 2.33. The summed E-state index contributed by atoms with van der Waals surface area (Å²) in [4.78, 5) is 0.